The quantitative estimate of drug-likeness (QED) is 0.200. The monoisotopic (exact) mass is 454 g/mol. The lowest BCUT2D eigenvalue weighted by molar-refractivity contribution is -0.149. The maximum Gasteiger partial charge on any atom is 0.316 e. The molecule has 0 spiro atoms. The molecule has 2 aromatic rings. The summed E-state index contributed by atoms with van der Waals surface area (Å²) in [5.74, 6) is -6.42. The van der Waals surface area contributed by atoms with Gasteiger partial charge in [0, 0.05) is 11.1 Å². The third-order valence-electron chi connectivity index (χ3n) is 4.72. The molecule has 0 saturated carbocycles. The van der Waals surface area contributed by atoms with E-state index in [1.807, 2.05) is 0 Å². The van der Waals surface area contributed by atoms with Gasteiger partial charge in [0.2, 0.25) is 0 Å². The highest BCUT2D eigenvalue weighted by Gasteiger charge is 2.38. The van der Waals surface area contributed by atoms with Crippen molar-refractivity contribution in [3.05, 3.63) is 69.5 Å². The number of nitrogens with zero attached hydrogens (tertiary/aromatic N) is 2. The molecule has 0 aliphatic rings. The molecule has 0 heterocycles. The van der Waals surface area contributed by atoms with Gasteiger partial charge in [0.15, 0.2) is 11.6 Å². The predicted molar refractivity (Wildman–Crippen MR) is 117 cm³/mol. The predicted octanol–water partition coefficient (Wildman–Crippen LogP) is 4.30. The molecule has 0 aliphatic carbocycles. The molecule has 33 heavy (non-hydrogen) atoms. The van der Waals surface area contributed by atoms with Crippen LogP contribution in [0.3, 0.4) is 0 Å². The van der Waals surface area contributed by atoms with Crippen molar-refractivity contribution in [1.29, 1.82) is 0 Å². The normalized spacial score (nSPS) is 12.2. The Morgan fingerprint density at radius 2 is 1.12 bits per heavy atom. The Labute approximate surface area is 189 Å². The molecule has 0 aliphatic heterocycles. The fourth-order valence-corrected chi connectivity index (χ4v) is 3.18. The Hall–Kier alpha value is -4.08. The smallest absolute Gasteiger partial charge is 0.316 e. The minimum atomic E-state index is -1.53. The lowest BCUT2D eigenvalue weighted by atomic mass is 9.84. The lowest BCUT2D eigenvalue weighted by Crippen LogP contribution is -2.35. The first-order valence-electron chi connectivity index (χ1n) is 10.1. The van der Waals surface area contributed by atoms with Crippen molar-refractivity contribution in [1.82, 2.24) is 0 Å². The number of ketones is 2. The summed E-state index contributed by atoms with van der Waals surface area (Å²) in [6.07, 6.45) is -0.535. The van der Waals surface area contributed by atoms with Crippen molar-refractivity contribution in [2.24, 2.45) is 22.2 Å². The first-order chi connectivity index (χ1) is 15.9. The second-order valence-corrected chi connectivity index (χ2v) is 6.86. The van der Waals surface area contributed by atoms with Crippen molar-refractivity contribution in [2.45, 2.75) is 20.3 Å². The van der Waals surface area contributed by atoms with Crippen molar-refractivity contribution in [2.75, 3.05) is 13.2 Å². The van der Waals surface area contributed by atoms with Gasteiger partial charge in [0.05, 0.1) is 13.2 Å². The summed E-state index contributed by atoms with van der Waals surface area (Å²) in [4.78, 5) is 73.2. The molecule has 0 saturated heterocycles. The molecular weight excluding hydrogens is 432 g/mol. The second kappa shape index (κ2) is 12.1. The van der Waals surface area contributed by atoms with Crippen molar-refractivity contribution < 1.29 is 28.7 Å². The molecule has 0 bridgehead atoms. The van der Waals surface area contributed by atoms with Crippen molar-refractivity contribution in [3.63, 3.8) is 0 Å². The van der Waals surface area contributed by atoms with E-state index < -0.39 is 41.8 Å². The number of carbonyl (C=O) groups is 4. The third kappa shape index (κ3) is 6.45. The topological polar surface area (TPSA) is 146 Å². The molecule has 2 atom stereocenters. The molecule has 10 heteroatoms. The lowest BCUT2D eigenvalue weighted by Gasteiger charge is -2.20. The molecule has 2 unspecified atom stereocenters. The van der Waals surface area contributed by atoms with Crippen LogP contribution in [0.25, 0.3) is 0 Å². The number of hydrogen-bond donors (Lipinski definition) is 0. The van der Waals surface area contributed by atoms with Crippen LogP contribution < -0.4 is 0 Å². The molecule has 172 valence electrons. The van der Waals surface area contributed by atoms with E-state index in [1.165, 1.54) is 48.5 Å². The Balaban J connectivity index is 2.47. The summed E-state index contributed by atoms with van der Waals surface area (Å²) in [6.45, 7) is 3.01. The van der Waals surface area contributed by atoms with Crippen molar-refractivity contribution >= 4 is 34.9 Å². The fraction of sp³-hybridized carbons (Fsp3) is 0.304. The first-order valence-corrected chi connectivity index (χ1v) is 10.1. The minimum absolute atomic E-state index is 0.00707. The molecule has 2 rings (SSSR count). The molecular formula is C23H22N2O8. The number of Topliss-reactive ketones (excluding diaryl/α,β-unsaturated/α-hetero) is 2. The number of benzene rings is 2. The van der Waals surface area contributed by atoms with Gasteiger partial charge in [0.25, 0.3) is 0 Å². The van der Waals surface area contributed by atoms with Crippen LogP contribution in [0.1, 0.15) is 41.0 Å². The highest BCUT2D eigenvalue weighted by Crippen LogP contribution is 2.26. The summed E-state index contributed by atoms with van der Waals surface area (Å²) in [5.41, 5.74) is -0.0703. The zero-order valence-corrected chi connectivity index (χ0v) is 18.1. The van der Waals surface area contributed by atoms with Gasteiger partial charge in [-0.05, 0) is 54.9 Å². The van der Waals surface area contributed by atoms with E-state index >= 15 is 0 Å². The zero-order chi connectivity index (χ0) is 24.4. The summed E-state index contributed by atoms with van der Waals surface area (Å²) < 4.78 is 10.0. The van der Waals surface area contributed by atoms with Crippen LogP contribution in [-0.4, -0.2) is 36.7 Å². The maximum absolute atomic E-state index is 13.1. The number of rotatable bonds is 12. The summed E-state index contributed by atoms with van der Waals surface area (Å²) in [7, 11) is 0. The highest BCUT2D eigenvalue weighted by molar-refractivity contribution is 6.12. The molecule has 0 fully saturated rings. The van der Waals surface area contributed by atoms with Gasteiger partial charge in [-0.3, -0.25) is 19.2 Å². The number of carbonyl (C=O) groups excluding carboxylic acids is 4. The van der Waals surface area contributed by atoms with Gasteiger partial charge in [-0.15, -0.1) is 9.81 Å². The molecule has 0 aromatic heterocycles. The summed E-state index contributed by atoms with van der Waals surface area (Å²) in [6, 6.07) is 10.7. The van der Waals surface area contributed by atoms with Crippen LogP contribution in [0.15, 0.2) is 58.9 Å². The van der Waals surface area contributed by atoms with E-state index in [-0.39, 0.29) is 35.7 Å². The van der Waals surface area contributed by atoms with Gasteiger partial charge in [-0.25, -0.2) is 0 Å². The zero-order valence-electron chi connectivity index (χ0n) is 18.1. The van der Waals surface area contributed by atoms with Crippen LogP contribution in [0.5, 0.6) is 0 Å². The standard InChI is InChI=1S/C23H22N2O8/c1-3-32-22(28)18(20(26)14-7-5-9-16(11-14)24-30)13-19(23(29)33-4-2)21(27)15-8-6-10-17(12-15)25-31/h5-12,18-19H,3-4,13H2,1-2H3. The van der Waals surface area contributed by atoms with E-state index in [0.29, 0.717) is 0 Å². The Morgan fingerprint density at radius 1 is 0.727 bits per heavy atom. The maximum atomic E-state index is 13.1. The molecule has 0 amide bonds. The summed E-state index contributed by atoms with van der Waals surface area (Å²) >= 11 is 0. The van der Waals surface area contributed by atoms with Crippen LogP contribution in [0, 0.1) is 21.6 Å². The Bertz CT molecular complexity index is 982. The van der Waals surface area contributed by atoms with Crippen LogP contribution >= 0.6 is 0 Å². The average molecular weight is 454 g/mol. The molecule has 10 nitrogen and oxygen atoms in total. The average Bonchev–Trinajstić information content (AvgIpc) is 2.84. The van der Waals surface area contributed by atoms with E-state index in [9.17, 15) is 29.0 Å². The van der Waals surface area contributed by atoms with Crippen LogP contribution in [0.4, 0.5) is 11.4 Å². The van der Waals surface area contributed by atoms with Gasteiger partial charge >= 0.3 is 11.9 Å². The highest BCUT2D eigenvalue weighted by atomic mass is 16.5. The largest absolute Gasteiger partial charge is 0.465 e. The molecule has 0 N–H and O–H groups in total. The van der Waals surface area contributed by atoms with Crippen LogP contribution in [0.2, 0.25) is 0 Å². The van der Waals surface area contributed by atoms with Gasteiger partial charge in [-0.1, -0.05) is 24.3 Å². The number of hydrogen-bond acceptors (Lipinski definition) is 10. The second-order valence-electron chi connectivity index (χ2n) is 6.86. The number of esters is 2. The molecule has 2 aromatic carbocycles. The number of nitroso groups, excluding NO2 is 2. The van der Waals surface area contributed by atoms with Gasteiger partial charge < -0.3 is 9.47 Å². The van der Waals surface area contributed by atoms with Gasteiger partial charge in [0.1, 0.15) is 23.2 Å². The molecule has 0 radical (unpaired) electrons. The first kappa shape index (κ1) is 25.2. The van der Waals surface area contributed by atoms with Crippen molar-refractivity contribution in [3.8, 4) is 0 Å². The van der Waals surface area contributed by atoms with E-state index in [1.54, 1.807) is 13.8 Å². The Morgan fingerprint density at radius 3 is 1.45 bits per heavy atom. The van der Waals surface area contributed by atoms with Gasteiger partial charge in [-0.2, -0.15) is 0 Å². The summed E-state index contributed by atoms with van der Waals surface area (Å²) in [5, 5.41) is 5.54. The van der Waals surface area contributed by atoms with Crippen LogP contribution in [-0.2, 0) is 19.1 Å². The van der Waals surface area contributed by atoms with E-state index in [2.05, 4.69) is 10.4 Å². The minimum Gasteiger partial charge on any atom is -0.465 e. The van der Waals surface area contributed by atoms with E-state index in [4.69, 9.17) is 9.47 Å². The third-order valence-corrected chi connectivity index (χ3v) is 4.72. The fourth-order valence-electron chi connectivity index (χ4n) is 3.18. The Kier molecular flexibility index (Phi) is 9.22. The SMILES string of the molecule is CCOC(=O)C(CC(C(=O)OCC)C(=O)c1cccc(N=O)c1)C(=O)c1cccc(N=O)c1. The van der Waals surface area contributed by atoms with E-state index in [0.717, 1.165) is 0 Å². The number of ether oxygens (including phenoxy) is 2.